The summed E-state index contributed by atoms with van der Waals surface area (Å²) in [5, 5.41) is 6.70. The van der Waals surface area contributed by atoms with Gasteiger partial charge in [0.05, 0.1) is 22.3 Å². The molecule has 6 heteroatoms. The average molecular weight is 296 g/mol. The van der Waals surface area contributed by atoms with Gasteiger partial charge >= 0.3 is 0 Å². The second kappa shape index (κ2) is 7.07. The van der Waals surface area contributed by atoms with Crippen LogP contribution in [0.4, 0.5) is 5.69 Å². The molecule has 0 spiro atoms. The van der Waals surface area contributed by atoms with E-state index in [1.165, 1.54) is 12.1 Å². The second-order valence-corrected chi connectivity index (χ2v) is 4.72. The van der Waals surface area contributed by atoms with E-state index in [0.717, 1.165) is 13.0 Å². The van der Waals surface area contributed by atoms with Crippen LogP contribution < -0.4 is 10.6 Å². The smallest absolute Gasteiger partial charge is 0.238 e. The molecule has 0 radical (unpaired) electrons. The van der Waals surface area contributed by atoms with Crippen molar-refractivity contribution in [1.82, 2.24) is 5.32 Å². The standard InChI is InChI=1S/C11H13Cl3N2O/c1-2-3-15-6-10(17)16-11-8(13)4-7(12)5-9(11)14/h4-5,15H,2-3,6H2,1H3,(H,16,17). The Balaban J connectivity index is 2.65. The quantitative estimate of drug-likeness (QED) is 0.815. The van der Waals surface area contributed by atoms with Crippen LogP contribution in [0.1, 0.15) is 13.3 Å². The molecule has 0 fully saturated rings. The summed E-state index contributed by atoms with van der Waals surface area (Å²) in [6.45, 7) is 3.04. The first-order valence-electron chi connectivity index (χ1n) is 5.19. The first kappa shape index (κ1) is 14.6. The zero-order valence-corrected chi connectivity index (χ0v) is 11.6. The molecule has 0 atom stereocenters. The van der Waals surface area contributed by atoms with E-state index in [1.807, 2.05) is 6.92 Å². The number of carbonyl (C=O) groups is 1. The van der Waals surface area contributed by atoms with Crippen LogP contribution in [-0.4, -0.2) is 19.0 Å². The molecule has 17 heavy (non-hydrogen) atoms. The highest BCUT2D eigenvalue weighted by molar-refractivity contribution is 6.42. The number of hydrogen-bond acceptors (Lipinski definition) is 2. The minimum absolute atomic E-state index is 0.190. The van der Waals surface area contributed by atoms with Crippen LogP contribution in [0.3, 0.4) is 0 Å². The maximum absolute atomic E-state index is 11.6. The molecule has 94 valence electrons. The number of amides is 1. The van der Waals surface area contributed by atoms with Crippen LogP contribution in [-0.2, 0) is 4.79 Å². The van der Waals surface area contributed by atoms with Gasteiger partial charge < -0.3 is 10.6 Å². The molecule has 1 rings (SSSR count). The molecule has 3 nitrogen and oxygen atoms in total. The lowest BCUT2D eigenvalue weighted by Gasteiger charge is -2.10. The summed E-state index contributed by atoms with van der Waals surface area (Å²) in [7, 11) is 0. The van der Waals surface area contributed by atoms with E-state index in [2.05, 4.69) is 10.6 Å². The monoisotopic (exact) mass is 294 g/mol. The first-order valence-corrected chi connectivity index (χ1v) is 6.33. The molecule has 0 heterocycles. The topological polar surface area (TPSA) is 41.1 Å². The predicted octanol–water partition coefficient (Wildman–Crippen LogP) is 3.58. The first-order chi connectivity index (χ1) is 8.04. The third kappa shape index (κ3) is 4.72. The Bertz CT molecular complexity index is 387. The fourth-order valence-corrected chi connectivity index (χ4v) is 2.14. The number of nitrogens with one attached hydrogen (secondary N) is 2. The SMILES string of the molecule is CCCNCC(=O)Nc1c(Cl)cc(Cl)cc1Cl. The Morgan fingerprint density at radius 2 is 1.82 bits per heavy atom. The van der Waals surface area contributed by atoms with Gasteiger partial charge in [-0.15, -0.1) is 0 Å². The average Bonchev–Trinajstić information content (AvgIpc) is 2.24. The highest BCUT2D eigenvalue weighted by atomic mass is 35.5. The van der Waals surface area contributed by atoms with E-state index in [9.17, 15) is 4.79 Å². The van der Waals surface area contributed by atoms with E-state index in [0.29, 0.717) is 20.8 Å². The van der Waals surface area contributed by atoms with Gasteiger partial charge in [0, 0.05) is 5.02 Å². The van der Waals surface area contributed by atoms with E-state index in [-0.39, 0.29) is 12.5 Å². The molecule has 1 amide bonds. The fourth-order valence-electron chi connectivity index (χ4n) is 1.22. The van der Waals surface area contributed by atoms with Crippen molar-refractivity contribution in [3.05, 3.63) is 27.2 Å². The lowest BCUT2D eigenvalue weighted by molar-refractivity contribution is -0.115. The Morgan fingerprint density at radius 1 is 1.24 bits per heavy atom. The number of hydrogen-bond donors (Lipinski definition) is 2. The molecular weight excluding hydrogens is 282 g/mol. The molecule has 2 N–H and O–H groups in total. The van der Waals surface area contributed by atoms with Gasteiger partial charge in [-0.05, 0) is 25.1 Å². The molecule has 0 aliphatic carbocycles. The summed E-state index contributed by atoms with van der Waals surface area (Å²) in [4.78, 5) is 11.6. The Kier molecular flexibility index (Phi) is 6.06. The van der Waals surface area contributed by atoms with Crippen LogP contribution >= 0.6 is 34.8 Å². The van der Waals surface area contributed by atoms with E-state index >= 15 is 0 Å². The van der Waals surface area contributed by atoms with Gasteiger partial charge in [0.1, 0.15) is 0 Å². The molecule has 0 saturated heterocycles. The van der Waals surface area contributed by atoms with Crippen molar-refractivity contribution in [3.8, 4) is 0 Å². The summed E-state index contributed by atoms with van der Waals surface area (Å²) >= 11 is 17.6. The van der Waals surface area contributed by atoms with Crippen LogP contribution in [0, 0.1) is 0 Å². The molecule has 0 aliphatic rings. The minimum Gasteiger partial charge on any atom is -0.322 e. The van der Waals surface area contributed by atoms with Crippen LogP contribution in [0.2, 0.25) is 15.1 Å². The Labute approximate surface area is 115 Å². The lowest BCUT2D eigenvalue weighted by atomic mass is 10.3. The maximum atomic E-state index is 11.6. The lowest BCUT2D eigenvalue weighted by Crippen LogP contribution is -2.28. The summed E-state index contributed by atoms with van der Waals surface area (Å²) in [5.74, 6) is -0.190. The van der Waals surface area contributed by atoms with Crippen molar-refractivity contribution in [1.29, 1.82) is 0 Å². The largest absolute Gasteiger partial charge is 0.322 e. The van der Waals surface area contributed by atoms with Crippen molar-refractivity contribution in [2.45, 2.75) is 13.3 Å². The second-order valence-electron chi connectivity index (χ2n) is 3.47. The minimum atomic E-state index is -0.190. The third-order valence-electron chi connectivity index (χ3n) is 1.98. The van der Waals surface area contributed by atoms with Crippen LogP contribution in [0.25, 0.3) is 0 Å². The van der Waals surface area contributed by atoms with Crippen molar-refractivity contribution >= 4 is 46.4 Å². The highest BCUT2D eigenvalue weighted by Crippen LogP contribution is 2.33. The van der Waals surface area contributed by atoms with Gasteiger partial charge in [-0.3, -0.25) is 4.79 Å². The molecule has 0 bridgehead atoms. The fraction of sp³-hybridized carbons (Fsp3) is 0.364. The summed E-state index contributed by atoms with van der Waals surface area (Å²) in [5.41, 5.74) is 0.390. The number of anilines is 1. The maximum Gasteiger partial charge on any atom is 0.238 e. The van der Waals surface area contributed by atoms with E-state index < -0.39 is 0 Å². The molecule has 0 aliphatic heterocycles. The van der Waals surface area contributed by atoms with Crippen LogP contribution in [0.15, 0.2) is 12.1 Å². The van der Waals surface area contributed by atoms with Gasteiger partial charge in [0.25, 0.3) is 0 Å². The van der Waals surface area contributed by atoms with E-state index in [1.54, 1.807) is 0 Å². The summed E-state index contributed by atoms with van der Waals surface area (Å²) < 4.78 is 0. The molecule has 1 aromatic carbocycles. The van der Waals surface area contributed by atoms with Gasteiger partial charge in [0.15, 0.2) is 0 Å². The third-order valence-corrected chi connectivity index (χ3v) is 2.80. The number of rotatable bonds is 5. The zero-order valence-electron chi connectivity index (χ0n) is 9.32. The molecular formula is C11H13Cl3N2O. The van der Waals surface area contributed by atoms with Gasteiger partial charge in [-0.2, -0.15) is 0 Å². The number of benzene rings is 1. The zero-order chi connectivity index (χ0) is 12.8. The van der Waals surface area contributed by atoms with Crippen LogP contribution in [0.5, 0.6) is 0 Å². The van der Waals surface area contributed by atoms with Crippen molar-refractivity contribution in [2.24, 2.45) is 0 Å². The van der Waals surface area contributed by atoms with Crippen molar-refractivity contribution < 1.29 is 4.79 Å². The molecule has 0 aromatic heterocycles. The van der Waals surface area contributed by atoms with Gasteiger partial charge in [-0.25, -0.2) is 0 Å². The van der Waals surface area contributed by atoms with E-state index in [4.69, 9.17) is 34.8 Å². The normalized spacial score (nSPS) is 10.4. The number of carbonyl (C=O) groups excluding carboxylic acids is 1. The van der Waals surface area contributed by atoms with Crippen molar-refractivity contribution in [2.75, 3.05) is 18.4 Å². The summed E-state index contributed by atoms with van der Waals surface area (Å²) in [6, 6.07) is 3.06. The molecule has 0 saturated carbocycles. The molecule has 1 aromatic rings. The van der Waals surface area contributed by atoms with Gasteiger partial charge in [0.2, 0.25) is 5.91 Å². The Hall–Kier alpha value is -0.480. The summed E-state index contributed by atoms with van der Waals surface area (Å²) in [6.07, 6.45) is 0.968. The Morgan fingerprint density at radius 3 is 2.35 bits per heavy atom. The molecule has 0 unspecified atom stereocenters. The highest BCUT2D eigenvalue weighted by Gasteiger charge is 2.10. The predicted molar refractivity (Wildman–Crippen MR) is 73.3 cm³/mol. The van der Waals surface area contributed by atoms with Gasteiger partial charge in [-0.1, -0.05) is 41.7 Å². The number of halogens is 3. The van der Waals surface area contributed by atoms with Crippen molar-refractivity contribution in [3.63, 3.8) is 0 Å².